The maximum atomic E-state index is 13.5. The second-order valence-corrected chi connectivity index (χ2v) is 6.13. The Balaban J connectivity index is 2.36. The molecule has 2 rings (SSSR count). The summed E-state index contributed by atoms with van der Waals surface area (Å²) in [6.07, 6.45) is 0. The van der Waals surface area contributed by atoms with Crippen molar-refractivity contribution in [3.8, 4) is 0 Å². The van der Waals surface area contributed by atoms with Crippen LogP contribution >= 0.6 is 0 Å². The van der Waals surface area contributed by atoms with Gasteiger partial charge in [0.15, 0.2) is 0 Å². The van der Waals surface area contributed by atoms with E-state index in [2.05, 4.69) is 4.72 Å². The third-order valence-corrected chi connectivity index (χ3v) is 4.18. The average molecular weight is 294 g/mol. The van der Waals surface area contributed by atoms with Crippen molar-refractivity contribution in [2.24, 2.45) is 5.73 Å². The molecule has 0 aliphatic rings. The molecule has 0 saturated carbocycles. The zero-order valence-electron chi connectivity index (χ0n) is 10.9. The third-order valence-electron chi connectivity index (χ3n) is 2.81. The predicted octanol–water partition coefficient (Wildman–Crippen LogP) is 2.65. The zero-order chi connectivity index (χ0) is 14.8. The van der Waals surface area contributed by atoms with Crippen molar-refractivity contribution in [1.29, 1.82) is 0 Å². The van der Waals surface area contributed by atoms with E-state index in [4.69, 9.17) is 5.73 Å². The molecule has 2 aromatic rings. The standard InChI is InChI=1S/C14H15FN2O2S/c1-10(16)11-5-4-6-12(9-11)20(18,19)17-14-8-3-2-7-13(14)15/h2-10,17H,16H2,1H3. The topological polar surface area (TPSA) is 72.2 Å². The van der Waals surface area contributed by atoms with Gasteiger partial charge in [0.1, 0.15) is 5.82 Å². The van der Waals surface area contributed by atoms with Crippen LogP contribution < -0.4 is 10.5 Å². The molecule has 0 aliphatic heterocycles. The van der Waals surface area contributed by atoms with Crippen LogP contribution in [0.2, 0.25) is 0 Å². The van der Waals surface area contributed by atoms with Crippen molar-refractivity contribution < 1.29 is 12.8 Å². The quantitative estimate of drug-likeness (QED) is 0.910. The van der Waals surface area contributed by atoms with E-state index in [-0.39, 0.29) is 16.6 Å². The summed E-state index contributed by atoms with van der Waals surface area (Å²) < 4.78 is 40.1. The zero-order valence-corrected chi connectivity index (χ0v) is 11.7. The molecule has 0 bridgehead atoms. The Morgan fingerprint density at radius 2 is 1.85 bits per heavy atom. The summed E-state index contributed by atoms with van der Waals surface area (Å²) in [7, 11) is -3.84. The van der Waals surface area contributed by atoms with Crippen molar-refractivity contribution in [3.63, 3.8) is 0 Å². The van der Waals surface area contributed by atoms with Crippen LogP contribution in [0.4, 0.5) is 10.1 Å². The first-order chi connectivity index (χ1) is 9.40. The number of hydrogen-bond donors (Lipinski definition) is 2. The van der Waals surface area contributed by atoms with Crippen LogP contribution in [0, 0.1) is 5.82 Å². The molecule has 0 amide bonds. The molecule has 0 aliphatic carbocycles. The van der Waals surface area contributed by atoms with E-state index >= 15 is 0 Å². The molecule has 20 heavy (non-hydrogen) atoms. The van der Waals surface area contributed by atoms with Gasteiger partial charge in [-0.1, -0.05) is 24.3 Å². The summed E-state index contributed by atoms with van der Waals surface area (Å²) in [5.74, 6) is -0.626. The van der Waals surface area contributed by atoms with E-state index < -0.39 is 15.8 Å². The van der Waals surface area contributed by atoms with Gasteiger partial charge in [-0.3, -0.25) is 4.72 Å². The first-order valence-corrected chi connectivity index (χ1v) is 7.51. The number of hydrogen-bond acceptors (Lipinski definition) is 3. The Bertz CT molecular complexity index is 715. The summed E-state index contributed by atoms with van der Waals surface area (Å²) in [5.41, 5.74) is 6.34. The lowest BCUT2D eigenvalue weighted by atomic mass is 10.1. The number of anilines is 1. The molecule has 4 nitrogen and oxygen atoms in total. The monoisotopic (exact) mass is 294 g/mol. The molecule has 0 spiro atoms. The fourth-order valence-electron chi connectivity index (χ4n) is 1.71. The van der Waals surface area contributed by atoms with Crippen LogP contribution in [0.15, 0.2) is 53.4 Å². The minimum absolute atomic E-state index is 0.0514. The van der Waals surface area contributed by atoms with E-state index in [1.165, 1.54) is 30.3 Å². The van der Waals surface area contributed by atoms with Crippen molar-refractivity contribution in [3.05, 3.63) is 59.9 Å². The number of nitrogens with one attached hydrogen (secondary N) is 1. The first kappa shape index (κ1) is 14.5. The van der Waals surface area contributed by atoms with Gasteiger partial charge in [-0.25, -0.2) is 12.8 Å². The van der Waals surface area contributed by atoms with Gasteiger partial charge < -0.3 is 5.73 Å². The minimum atomic E-state index is -3.84. The molecular formula is C14H15FN2O2S. The summed E-state index contributed by atoms with van der Waals surface area (Å²) in [5, 5.41) is 0. The van der Waals surface area contributed by atoms with E-state index in [0.29, 0.717) is 5.56 Å². The number of sulfonamides is 1. The van der Waals surface area contributed by atoms with Gasteiger partial charge in [-0.05, 0) is 36.8 Å². The van der Waals surface area contributed by atoms with Crippen LogP contribution in [-0.4, -0.2) is 8.42 Å². The Morgan fingerprint density at radius 1 is 1.15 bits per heavy atom. The molecule has 6 heteroatoms. The fraction of sp³-hybridized carbons (Fsp3) is 0.143. The van der Waals surface area contributed by atoms with Crippen LogP contribution in [0.3, 0.4) is 0 Å². The smallest absolute Gasteiger partial charge is 0.261 e. The number of nitrogens with two attached hydrogens (primary N) is 1. The Hall–Kier alpha value is -1.92. The number of halogens is 1. The lowest BCUT2D eigenvalue weighted by Crippen LogP contribution is -2.15. The summed E-state index contributed by atoms with van der Waals surface area (Å²) in [6.45, 7) is 1.76. The SMILES string of the molecule is CC(N)c1cccc(S(=O)(=O)Nc2ccccc2F)c1. The maximum Gasteiger partial charge on any atom is 0.261 e. The molecule has 3 N–H and O–H groups in total. The molecule has 1 atom stereocenters. The molecule has 1 unspecified atom stereocenters. The summed E-state index contributed by atoms with van der Waals surface area (Å²) in [6, 6.07) is 11.6. The fourth-order valence-corrected chi connectivity index (χ4v) is 2.83. The Morgan fingerprint density at radius 3 is 2.50 bits per heavy atom. The van der Waals surface area contributed by atoms with Crippen LogP contribution in [0.5, 0.6) is 0 Å². The first-order valence-electron chi connectivity index (χ1n) is 6.03. The van der Waals surface area contributed by atoms with Gasteiger partial charge >= 0.3 is 0 Å². The molecule has 0 saturated heterocycles. The highest BCUT2D eigenvalue weighted by Gasteiger charge is 2.16. The maximum absolute atomic E-state index is 13.5. The van der Waals surface area contributed by atoms with E-state index in [9.17, 15) is 12.8 Å². The lowest BCUT2D eigenvalue weighted by molar-refractivity contribution is 0.598. The van der Waals surface area contributed by atoms with Crippen molar-refractivity contribution >= 4 is 15.7 Å². The third kappa shape index (κ3) is 3.15. The molecule has 2 aromatic carbocycles. The molecule has 0 radical (unpaired) electrons. The van der Waals surface area contributed by atoms with Crippen molar-refractivity contribution in [1.82, 2.24) is 0 Å². The second kappa shape index (κ2) is 5.60. The highest BCUT2D eigenvalue weighted by molar-refractivity contribution is 7.92. The van der Waals surface area contributed by atoms with Crippen LogP contribution in [-0.2, 0) is 10.0 Å². The van der Waals surface area contributed by atoms with Gasteiger partial charge in [0, 0.05) is 6.04 Å². The van der Waals surface area contributed by atoms with E-state index in [0.717, 1.165) is 0 Å². The normalized spacial score (nSPS) is 12.9. The van der Waals surface area contributed by atoms with Gasteiger partial charge in [0.25, 0.3) is 10.0 Å². The molecule has 0 fully saturated rings. The van der Waals surface area contributed by atoms with E-state index in [1.54, 1.807) is 25.1 Å². The highest BCUT2D eigenvalue weighted by atomic mass is 32.2. The van der Waals surface area contributed by atoms with Crippen LogP contribution in [0.1, 0.15) is 18.5 Å². The largest absolute Gasteiger partial charge is 0.324 e. The Kier molecular flexibility index (Phi) is 4.06. The second-order valence-electron chi connectivity index (χ2n) is 4.45. The molecule has 0 aromatic heterocycles. The lowest BCUT2D eigenvalue weighted by Gasteiger charge is -2.11. The molecule has 0 heterocycles. The number of para-hydroxylation sites is 1. The molecular weight excluding hydrogens is 279 g/mol. The van der Waals surface area contributed by atoms with Gasteiger partial charge in [-0.2, -0.15) is 0 Å². The number of rotatable bonds is 4. The summed E-state index contributed by atoms with van der Waals surface area (Å²) in [4.78, 5) is 0.0514. The van der Waals surface area contributed by atoms with E-state index in [1.807, 2.05) is 0 Å². The van der Waals surface area contributed by atoms with Gasteiger partial charge in [-0.15, -0.1) is 0 Å². The van der Waals surface area contributed by atoms with Gasteiger partial charge in [0.05, 0.1) is 10.6 Å². The average Bonchev–Trinajstić information content (AvgIpc) is 2.41. The predicted molar refractivity (Wildman–Crippen MR) is 76.3 cm³/mol. The molecule has 106 valence electrons. The van der Waals surface area contributed by atoms with Crippen molar-refractivity contribution in [2.75, 3.05) is 4.72 Å². The summed E-state index contributed by atoms with van der Waals surface area (Å²) >= 11 is 0. The Labute approximate surface area is 117 Å². The highest BCUT2D eigenvalue weighted by Crippen LogP contribution is 2.20. The van der Waals surface area contributed by atoms with Crippen molar-refractivity contribution in [2.45, 2.75) is 17.9 Å². The number of benzene rings is 2. The minimum Gasteiger partial charge on any atom is -0.324 e. The van der Waals surface area contributed by atoms with Crippen LogP contribution in [0.25, 0.3) is 0 Å². The van der Waals surface area contributed by atoms with Gasteiger partial charge in [0.2, 0.25) is 0 Å².